The van der Waals surface area contributed by atoms with Crippen molar-refractivity contribution in [2.75, 3.05) is 14.2 Å². The quantitative estimate of drug-likeness (QED) is 0.774. The van der Waals surface area contributed by atoms with Crippen LogP contribution in [0.2, 0.25) is 0 Å². The molecule has 0 spiro atoms. The first-order valence-corrected chi connectivity index (χ1v) is 6.33. The normalized spacial score (nSPS) is 20.2. The third-order valence-corrected chi connectivity index (χ3v) is 3.58. The molecule has 2 heterocycles. The van der Waals surface area contributed by atoms with Gasteiger partial charge in [0.25, 0.3) is 0 Å². The second kappa shape index (κ2) is 4.96. The average Bonchev–Trinajstić information content (AvgIpc) is 2.90. The summed E-state index contributed by atoms with van der Waals surface area (Å²) in [7, 11) is 5.41. The number of nitrogens with zero attached hydrogens (tertiary/aromatic N) is 1. The van der Waals surface area contributed by atoms with Gasteiger partial charge >= 0.3 is 0 Å². The summed E-state index contributed by atoms with van der Waals surface area (Å²) in [6, 6.07) is 6.05. The standard InChI is InChI=1S/C15H15BNO2/c1-18-13-6-5-10(8-14(13)19-2)12-9-16-15-11(12)4-3-7-17-15/h3,5-9,11H,4H2,1-2H3. The topological polar surface area (TPSA) is 30.8 Å². The maximum absolute atomic E-state index is 5.37. The van der Waals surface area contributed by atoms with Crippen LogP contribution in [0.1, 0.15) is 12.0 Å². The molecule has 4 heteroatoms. The fraction of sp³-hybridized carbons (Fsp3) is 0.267. The van der Waals surface area contributed by atoms with E-state index >= 15 is 0 Å². The van der Waals surface area contributed by atoms with Gasteiger partial charge in [0, 0.05) is 12.1 Å². The van der Waals surface area contributed by atoms with Gasteiger partial charge in [0.15, 0.2) is 11.5 Å². The van der Waals surface area contributed by atoms with Crippen molar-refractivity contribution in [1.82, 2.24) is 0 Å². The van der Waals surface area contributed by atoms with E-state index in [4.69, 9.17) is 9.47 Å². The first-order valence-electron chi connectivity index (χ1n) is 6.33. The number of methoxy groups -OCH3 is 2. The highest BCUT2D eigenvalue weighted by molar-refractivity contribution is 6.83. The molecule has 1 atom stereocenters. The molecule has 0 amide bonds. The van der Waals surface area contributed by atoms with Crippen LogP contribution in [0, 0.1) is 5.92 Å². The van der Waals surface area contributed by atoms with Gasteiger partial charge in [-0.1, -0.05) is 12.1 Å². The molecule has 0 N–H and O–H groups in total. The SMILES string of the molecule is COc1ccc(C2=C[B]C3=NC=CCC23)cc1OC. The zero-order chi connectivity index (χ0) is 13.2. The van der Waals surface area contributed by atoms with E-state index < -0.39 is 0 Å². The number of fused-ring (bicyclic) bond motifs is 1. The smallest absolute Gasteiger partial charge is 0.202 e. The van der Waals surface area contributed by atoms with E-state index in [1.165, 1.54) is 11.1 Å². The molecule has 0 fully saturated rings. The zero-order valence-corrected chi connectivity index (χ0v) is 11.1. The minimum Gasteiger partial charge on any atom is -0.493 e. The lowest BCUT2D eigenvalue weighted by Gasteiger charge is -2.18. The number of hydrogen-bond acceptors (Lipinski definition) is 3. The predicted molar refractivity (Wildman–Crippen MR) is 78.0 cm³/mol. The first-order chi connectivity index (χ1) is 9.33. The molecule has 19 heavy (non-hydrogen) atoms. The van der Waals surface area contributed by atoms with E-state index in [0.29, 0.717) is 5.92 Å². The highest BCUT2D eigenvalue weighted by Gasteiger charge is 2.27. The van der Waals surface area contributed by atoms with Crippen molar-refractivity contribution in [3.8, 4) is 11.5 Å². The fourth-order valence-electron chi connectivity index (χ4n) is 2.60. The summed E-state index contributed by atoms with van der Waals surface area (Å²) in [6.45, 7) is 0. The van der Waals surface area contributed by atoms with Gasteiger partial charge < -0.3 is 9.47 Å². The minimum absolute atomic E-state index is 0.378. The van der Waals surface area contributed by atoms with Gasteiger partial charge in [-0.25, -0.2) is 0 Å². The van der Waals surface area contributed by atoms with Crippen LogP contribution in [0.4, 0.5) is 0 Å². The first kappa shape index (κ1) is 12.1. The van der Waals surface area contributed by atoms with Crippen LogP contribution >= 0.6 is 0 Å². The van der Waals surface area contributed by atoms with Crippen LogP contribution in [-0.4, -0.2) is 27.1 Å². The van der Waals surface area contributed by atoms with E-state index in [1.807, 2.05) is 18.3 Å². The molecule has 2 aliphatic rings. The number of ether oxygens (including phenoxy) is 2. The third kappa shape index (κ3) is 2.07. The summed E-state index contributed by atoms with van der Waals surface area (Å²) < 4.78 is 10.6. The van der Waals surface area contributed by atoms with Crippen molar-refractivity contribution < 1.29 is 9.47 Å². The molecule has 0 aromatic heterocycles. The highest BCUT2D eigenvalue weighted by Crippen LogP contribution is 2.37. The summed E-state index contributed by atoms with van der Waals surface area (Å²) in [5.74, 6) is 4.05. The van der Waals surface area contributed by atoms with Crippen molar-refractivity contribution in [2.24, 2.45) is 10.9 Å². The van der Waals surface area contributed by atoms with Gasteiger partial charge in [-0.05, 0) is 35.3 Å². The fourth-order valence-corrected chi connectivity index (χ4v) is 2.60. The molecular weight excluding hydrogens is 237 g/mol. The van der Waals surface area contributed by atoms with Gasteiger partial charge in [0.2, 0.25) is 7.28 Å². The van der Waals surface area contributed by atoms with E-state index in [0.717, 1.165) is 23.5 Å². The Morgan fingerprint density at radius 3 is 2.84 bits per heavy atom. The molecule has 3 rings (SSSR count). The Labute approximate surface area is 113 Å². The Morgan fingerprint density at radius 2 is 2.05 bits per heavy atom. The van der Waals surface area contributed by atoms with Gasteiger partial charge in [-0.2, -0.15) is 0 Å². The van der Waals surface area contributed by atoms with Crippen LogP contribution in [0.3, 0.4) is 0 Å². The lowest BCUT2D eigenvalue weighted by Crippen LogP contribution is -2.15. The zero-order valence-electron chi connectivity index (χ0n) is 11.1. The summed E-state index contributed by atoms with van der Waals surface area (Å²) in [5, 5.41) is 0. The van der Waals surface area contributed by atoms with Gasteiger partial charge in [0.05, 0.1) is 14.2 Å². The number of hydrogen-bond donors (Lipinski definition) is 0. The van der Waals surface area contributed by atoms with Gasteiger partial charge in [-0.15, -0.1) is 5.98 Å². The Morgan fingerprint density at radius 1 is 1.21 bits per heavy atom. The molecule has 95 valence electrons. The van der Waals surface area contributed by atoms with Crippen molar-refractivity contribution in [2.45, 2.75) is 6.42 Å². The molecule has 0 bridgehead atoms. The van der Waals surface area contributed by atoms with Crippen molar-refractivity contribution in [3.05, 3.63) is 42.0 Å². The highest BCUT2D eigenvalue weighted by atomic mass is 16.5. The van der Waals surface area contributed by atoms with Crippen LogP contribution in [0.15, 0.2) is 41.4 Å². The second-order valence-electron chi connectivity index (χ2n) is 4.59. The molecule has 1 aromatic rings. The Kier molecular flexibility index (Phi) is 3.16. The van der Waals surface area contributed by atoms with Crippen molar-refractivity contribution in [1.29, 1.82) is 0 Å². The molecular formula is C15H15BNO2. The number of rotatable bonds is 3. The summed E-state index contributed by atoms with van der Waals surface area (Å²) >= 11 is 0. The summed E-state index contributed by atoms with van der Waals surface area (Å²) in [5.41, 5.74) is 3.61. The van der Waals surface area contributed by atoms with Crippen LogP contribution in [0.25, 0.3) is 5.57 Å². The van der Waals surface area contributed by atoms with Crippen molar-refractivity contribution >= 4 is 18.5 Å². The molecule has 0 aliphatic carbocycles. The Hall–Kier alpha value is -1.97. The van der Waals surface area contributed by atoms with Crippen LogP contribution in [-0.2, 0) is 0 Å². The molecule has 1 radical (unpaired) electrons. The second-order valence-corrected chi connectivity index (χ2v) is 4.59. The predicted octanol–water partition coefficient (Wildman–Crippen LogP) is 2.69. The summed E-state index contributed by atoms with van der Waals surface area (Å²) in [4.78, 5) is 4.42. The number of allylic oxidation sites excluding steroid dienone is 2. The molecule has 2 aliphatic heterocycles. The van der Waals surface area contributed by atoms with Gasteiger partial charge in [-0.3, -0.25) is 4.99 Å². The van der Waals surface area contributed by atoms with Crippen molar-refractivity contribution in [3.63, 3.8) is 0 Å². The minimum atomic E-state index is 0.378. The van der Waals surface area contributed by atoms with Crippen LogP contribution in [0.5, 0.6) is 11.5 Å². The van der Waals surface area contributed by atoms with E-state index in [1.54, 1.807) is 14.2 Å². The van der Waals surface area contributed by atoms with E-state index in [9.17, 15) is 0 Å². The van der Waals surface area contributed by atoms with Gasteiger partial charge in [0.1, 0.15) is 0 Å². The Balaban J connectivity index is 1.95. The molecule has 0 saturated carbocycles. The molecule has 3 nitrogen and oxygen atoms in total. The maximum atomic E-state index is 5.37. The molecule has 0 saturated heterocycles. The maximum Gasteiger partial charge on any atom is 0.202 e. The van der Waals surface area contributed by atoms with Crippen LogP contribution < -0.4 is 9.47 Å². The van der Waals surface area contributed by atoms with E-state index in [-0.39, 0.29) is 0 Å². The lowest BCUT2D eigenvalue weighted by molar-refractivity contribution is 0.355. The monoisotopic (exact) mass is 252 g/mol. The third-order valence-electron chi connectivity index (χ3n) is 3.58. The Bertz CT molecular complexity index is 590. The number of benzene rings is 1. The average molecular weight is 252 g/mol. The largest absolute Gasteiger partial charge is 0.493 e. The number of aliphatic imine (C=N–C) groups is 1. The van der Waals surface area contributed by atoms with E-state index in [2.05, 4.69) is 30.4 Å². The summed E-state index contributed by atoms with van der Waals surface area (Å²) in [6.07, 6.45) is 5.01. The molecule has 1 aromatic carbocycles. The lowest BCUT2D eigenvalue weighted by atomic mass is 9.73. The molecule has 1 unspecified atom stereocenters.